The molecule has 1 rings (SSSR count). The lowest BCUT2D eigenvalue weighted by atomic mass is 9.99. The molecule has 0 aliphatic heterocycles. The Balaban J connectivity index is 2.89. The highest BCUT2D eigenvalue weighted by molar-refractivity contribution is 5.25. The molecule has 1 nitrogen and oxygen atoms in total. The van der Waals surface area contributed by atoms with Crippen LogP contribution in [0.5, 0.6) is 0 Å². The predicted octanol–water partition coefficient (Wildman–Crippen LogP) is 2.40. The normalized spacial score (nSPS) is 12.5. The van der Waals surface area contributed by atoms with E-state index < -0.39 is 0 Å². The van der Waals surface area contributed by atoms with Crippen LogP contribution in [0.1, 0.15) is 18.4 Å². The van der Waals surface area contributed by atoms with Crippen molar-refractivity contribution in [1.29, 1.82) is 0 Å². The minimum atomic E-state index is -0.228. The van der Waals surface area contributed by atoms with Crippen LogP contribution >= 0.6 is 0 Å². The van der Waals surface area contributed by atoms with E-state index in [2.05, 4.69) is 6.58 Å². The van der Waals surface area contributed by atoms with Crippen LogP contribution in [-0.4, -0.2) is 0 Å². The molecule has 0 fully saturated rings. The fraction of sp³-hybridized carbons (Fsp3) is 0.200. The van der Waals surface area contributed by atoms with Gasteiger partial charge in [-0.3, -0.25) is 0 Å². The molecule has 64 valence electrons. The van der Waals surface area contributed by atoms with Crippen molar-refractivity contribution in [2.24, 2.45) is 5.73 Å². The Hall–Kier alpha value is -1.31. The first-order chi connectivity index (χ1) is 5.61. The zero-order valence-electron chi connectivity index (χ0n) is 7.05. The van der Waals surface area contributed by atoms with Crippen LogP contribution in [0, 0.1) is 5.82 Å². The molecule has 0 heterocycles. The van der Waals surface area contributed by atoms with Gasteiger partial charge in [0.05, 0.1) is 0 Å². The lowest BCUT2D eigenvalue weighted by Crippen LogP contribution is -2.05. The van der Waals surface area contributed by atoms with E-state index >= 15 is 0 Å². The second kappa shape index (κ2) is 3.39. The van der Waals surface area contributed by atoms with Crippen molar-refractivity contribution >= 4 is 0 Å². The molecule has 0 saturated carbocycles. The molecule has 0 spiro atoms. The van der Waals surface area contributed by atoms with Crippen LogP contribution in [0.15, 0.2) is 36.5 Å². The Morgan fingerprint density at radius 3 is 2.33 bits per heavy atom. The summed E-state index contributed by atoms with van der Waals surface area (Å²) in [6.45, 7) is 5.58. The molecule has 2 heteroatoms. The molecule has 1 aromatic carbocycles. The average Bonchev–Trinajstić information content (AvgIpc) is 2.04. The Bertz CT molecular complexity index is 276. The van der Waals surface area contributed by atoms with Gasteiger partial charge in [-0.2, -0.15) is 0 Å². The third kappa shape index (κ3) is 1.84. The highest BCUT2D eigenvalue weighted by Gasteiger charge is 2.05. The molecule has 1 atom stereocenters. The van der Waals surface area contributed by atoms with Crippen LogP contribution in [0.3, 0.4) is 0 Å². The van der Waals surface area contributed by atoms with Gasteiger partial charge < -0.3 is 5.73 Å². The molecule has 0 aromatic heterocycles. The smallest absolute Gasteiger partial charge is 0.123 e. The van der Waals surface area contributed by atoms with E-state index in [0.717, 1.165) is 5.56 Å². The highest BCUT2D eigenvalue weighted by atomic mass is 19.1. The van der Waals surface area contributed by atoms with E-state index in [1.807, 2.05) is 6.92 Å². The van der Waals surface area contributed by atoms with E-state index in [-0.39, 0.29) is 11.7 Å². The summed E-state index contributed by atoms with van der Waals surface area (Å²) in [6.07, 6.45) is 0. The predicted molar refractivity (Wildman–Crippen MR) is 48.1 cm³/mol. The maximum atomic E-state index is 12.5. The number of allylic oxidation sites excluding steroid dienone is 1. The standard InChI is InChI=1S/C10H12FN/c1-7(8(2)12)9-3-5-10(11)6-4-9/h3-7H,2,12H2,1H3. The van der Waals surface area contributed by atoms with Gasteiger partial charge in [-0.15, -0.1) is 0 Å². The Kier molecular flexibility index (Phi) is 2.48. The average molecular weight is 165 g/mol. The Morgan fingerprint density at radius 1 is 1.42 bits per heavy atom. The third-order valence-electron chi connectivity index (χ3n) is 1.93. The van der Waals surface area contributed by atoms with E-state index in [0.29, 0.717) is 5.70 Å². The van der Waals surface area contributed by atoms with Crippen LogP contribution in [-0.2, 0) is 0 Å². The fourth-order valence-electron chi connectivity index (χ4n) is 0.966. The van der Waals surface area contributed by atoms with Crippen LogP contribution in [0.25, 0.3) is 0 Å². The maximum absolute atomic E-state index is 12.5. The fourth-order valence-corrected chi connectivity index (χ4v) is 0.966. The summed E-state index contributed by atoms with van der Waals surface area (Å²) in [5.74, 6) is -0.140. The zero-order chi connectivity index (χ0) is 9.14. The molecule has 1 aromatic rings. The van der Waals surface area contributed by atoms with Crippen molar-refractivity contribution in [3.8, 4) is 0 Å². The van der Waals surface area contributed by atoms with Crippen molar-refractivity contribution in [3.63, 3.8) is 0 Å². The molecule has 0 aliphatic rings. The van der Waals surface area contributed by atoms with Gasteiger partial charge in [0.1, 0.15) is 5.82 Å². The van der Waals surface area contributed by atoms with Crippen molar-refractivity contribution < 1.29 is 4.39 Å². The van der Waals surface area contributed by atoms with Crippen molar-refractivity contribution in [2.75, 3.05) is 0 Å². The van der Waals surface area contributed by atoms with Gasteiger partial charge in [-0.05, 0) is 17.7 Å². The maximum Gasteiger partial charge on any atom is 0.123 e. The second-order valence-corrected chi connectivity index (χ2v) is 2.85. The van der Waals surface area contributed by atoms with Gasteiger partial charge in [-0.25, -0.2) is 4.39 Å². The first kappa shape index (κ1) is 8.78. The van der Waals surface area contributed by atoms with Gasteiger partial charge in [-0.1, -0.05) is 25.6 Å². The zero-order valence-corrected chi connectivity index (χ0v) is 7.05. The minimum Gasteiger partial charge on any atom is -0.402 e. The lowest BCUT2D eigenvalue weighted by Gasteiger charge is -2.10. The summed E-state index contributed by atoms with van der Waals surface area (Å²) < 4.78 is 12.5. The summed E-state index contributed by atoms with van der Waals surface area (Å²) in [4.78, 5) is 0. The van der Waals surface area contributed by atoms with Crippen LogP contribution < -0.4 is 5.73 Å². The summed E-state index contributed by atoms with van der Waals surface area (Å²) in [7, 11) is 0. The molecule has 0 aliphatic carbocycles. The summed E-state index contributed by atoms with van der Waals surface area (Å²) in [5, 5.41) is 0. The monoisotopic (exact) mass is 165 g/mol. The summed E-state index contributed by atoms with van der Waals surface area (Å²) in [6, 6.07) is 6.29. The number of benzene rings is 1. The molecule has 12 heavy (non-hydrogen) atoms. The summed E-state index contributed by atoms with van der Waals surface area (Å²) >= 11 is 0. The number of halogens is 1. The van der Waals surface area contributed by atoms with Crippen molar-refractivity contribution in [1.82, 2.24) is 0 Å². The van der Waals surface area contributed by atoms with Crippen molar-refractivity contribution in [3.05, 3.63) is 47.9 Å². The van der Waals surface area contributed by atoms with Crippen LogP contribution in [0.4, 0.5) is 4.39 Å². The lowest BCUT2D eigenvalue weighted by molar-refractivity contribution is 0.626. The third-order valence-corrected chi connectivity index (χ3v) is 1.93. The van der Waals surface area contributed by atoms with E-state index in [1.165, 1.54) is 12.1 Å². The number of rotatable bonds is 2. The molecular formula is C10H12FN. The van der Waals surface area contributed by atoms with Crippen LogP contribution in [0.2, 0.25) is 0 Å². The van der Waals surface area contributed by atoms with E-state index in [4.69, 9.17) is 5.73 Å². The molecule has 0 amide bonds. The second-order valence-electron chi connectivity index (χ2n) is 2.85. The number of nitrogens with two attached hydrogens (primary N) is 1. The molecule has 0 saturated heterocycles. The Morgan fingerprint density at radius 2 is 1.92 bits per heavy atom. The summed E-state index contributed by atoms with van der Waals surface area (Å²) in [5.41, 5.74) is 7.11. The van der Waals surface area contributed by atoms with Gasteiger partial charge in [0, 0.05) is 11.6 Å². The number of hydrogen-bond donors (Lipinski definition) is 1. The molecule has 0 bridgehead atoms. The largest absolute Gasteiger partial charge is 0.402 e. The first-order valence-corrected chi connectivity index (χ1v) is 3.81. The minimum absolute atomic E-state index is 0.0885. The molecule has 2 N–H and O–H groups in total. The molecule has 1 unspecified atom stereocenters. The van der Waals surface area contributed by atoms with Crippen molar-refractivity contribution in [2.45, 2.75) is 12.8 Å². The SMILES string of the molecule is C=C(N)C(C)c1ccc(F)cc1. The van der Waals surface area contributed by atoms with Gasteiger partial charge in [0.2, 0.25) is 0 Å². The van der Waals surface area contributed by atoms with E-state index in [1.54, 1.807) is 12.1 Å². The quantitative estimate of drug-likeness (QED) is 0.715. The first-order valence-electron chi connectivity index (χ1n) is 3.81. The van der Waals surface area contributed by atoms with E-state index in [9.17, 15) is 4.39 Å². The van der Waals surface area contributed by atoms with Gasteiger partial charge >= 0.3 is 0 Å². The highest BCUT2D eigenvalue weighted by Crippen LogP contribution is 2.18. The Labute approximate surface area is 71.7 Å². The van der Waals surface area contributed by atoms with Gasteiger partial charge in [0.25, 0.3) is 0 Å². The molecular weight excluding hydrogens is 153 g/mol. The number of hydrogen-bond acceptors (Lipinski definition) is 1. The topological polar surface area (TPSA) is 26.0 Å². The molecule has 0 radical (unpaired) electrons. The van der Waals surface area contributed by atoms with Gasteiger partial charge in [0.15, 0.2) is 0 Å².